The van der Waals surface area contributed by atoms with Crippen molar-refractivity contribution in [3.63, 3.8) is 0 Å². The number of aromatic amines is 1. The molecule has 0 saturated carbocycles. The molecule has 0 bridgehead atoms. The van der Waals surface area contributed by atoms with Gasteiger partial charge in [0.15, 0.2) is 5.16 Å². The summed E-state index contributed by atoms with van der Waals surface area (Å²) in [5, 5.41) is 2.93. The first-order chi connectivity index (χ1) is 12.2. The molecule has 1 atom stereocenters. The summed E-state index contributed by atoms with van der Waals surface area (Å²) < 4.78 is 18.4. The number of hydrogen-bond acceptors (Lipinski definition) is 6. The molecule has 0 radical (unpaired) electrons. The van der Waals surface area contributed by atoms with Gasteiger partial charge in [-0.3, -0.25) is 9.19 Å². The van der Waals surface area contributed by atoms with Gasteiger partial charge in [0, 0.05) is 17.0 Å². The predicted molar refractivity (Wildman–Crippen MR) is 97.2 cm³/mol. The monoisotopic (exact) mass is 371 g/mol. The number of fused-ring (bicyclic) bond motifs is 2. The van der Waals surface area contributed by atoms with E-state index < -0.39 is 10.8 Å². The highest BCUT2D eigenvalue weighted by molar-refractivity contribution is 7.84. The van der Waals surface area contributed by atoms with Crippen molar-refractivity contribution in [2.24, 2.45) is 0 Å². The maximum atomic E-state index is 12.7. The van der Waals surface area contributed by atoms with E-state index in [2.05, 4.69) is 15.0 Å². The van der Waals surface area contributed by atoms with E-state index in [1.807, 2.05) is 24.3 Å². The van der Waals surface area contributed by atoms with Crippen molar-refractivity contribution in [2.45, 2.75) is 10.9 Å². The number of H-pyrrole nitrogens is 1. The number of thiophene rings is 1. The number of hydrogen-bond donors (Lipinski definition) is 1. The van der Waals surface area contributed by atoms with Crippen LogP contribution in [0.1, 0.15) is 16.1 Å². The average Bonchev–Trinajstić information content (AvgIpc) is 3.25. The molecule has 0 aliphatic carbocycles. The summed E-state index contributed by atoms with van der Waals surface area (Å²) in [5.74, 6) is -0.167. The molecular weight excluding hydrogens is 358 g/mol. The Kier molecular flexibility index (Phi) is 4.06. The number of esters is 1. The summed E-state index contributed by atoms with van der Waals surface area (Å²) in [6, 6.07) is 9.32. The van der Waals surface area contributed by atoms with Crippen LogP contribution in [0.2, 0.25) is 0 Å². The molecule has 0 amide bonds. The Hall–Kier alpha value is -2.58. The molecule has 1 unspecified atom stereocenters. The number of aromatic nitrogens is 3. The van der Waals surface area contributed by atoms with Crippen molar-refractivity contribution >= 4 is 49.2 Å². The number of ether oxygens (including phenoxy) is 1. The standard InChI is InChI=1S/C17H13N3O3S2/c1-23-16(21)11-8-24-15-10(11)6-7-18-14(15)9-25(22)17-19-12-4-2-3-5-13(12)20-17/h2-8H,9H2,1H3,(H,19,20). The number of carbonyl (C=O) groups is 1. The van der Waals surface area contributed by atoms with Crippen LogP contribution >= 0.6 is 11.3 Å². The molecule has 25 heavy (non-hydrogen) atoms. The van der Waals surface area contributed by atoms with Crippen LogP contribution in [0.25, 0.3) is 21.1 Å². The third-order valence-corrected chi connectivity index (χ3v) is 6.02. The van der Waals surface area contributed by atoms with Crippen LogP contribution in [0, 0.1) is 0 Å². The van der Waals surface area contributed by atoms with Gasteiger partial charge in [-0.05, 0) is 18.2 Å². The van der Waals surface area contributed by atoms with Gasteiger partial charge in [-0.2, -0.15) is 0 Å². The second-order valence-electron chi connectivity index (χ2n) is 5.32. The largest absolute Gasteiger partial charge is 0.465 e. The topological polar surface area (TPSA) is 84.9 Å². The van der Waals surface area contributed by atoms with E-state index in [-0.39, 0.29) is 11.7 Å². The molecule has 1 N–H and O–H groups in total. The van der Waals surface area contributed by atoms with Gasteiger partial charge in [0.1, 0.15) is 0 Å². The van der Waals surface area contributed by atoms with Gasteiger partial charge < -0.3 is 9.72 Å². The molecule has 4 rings (SSSR count). The van der Waals surface area contributed by atoms with Crippen LogP contribution in [0.3, 0.4) is 0 Å². The van der Waals surface area contributed by atoms with Gasteiger partial charge >= 0.3 is 5.97 Å². The lowest BCUT2D eigenvalue weighted by molar-refractivity contribution is 0.0603. The van der Waals surface area contributed by atoms with Gasteiger partial charge in [0.05, 0.1) is 50.7 Å². The number of imidazole rings is 1. The Balaban J connectivity index is 1.69. The summed E-state index contributed by atoms with van der Waals surface area (Å²) in [6.45, 7) is 0. The first kappa shape index (κ1) is 15.9. The number of nitrogens with one attached hydrogen (secondary N) is 1. The molecule has 3 heterocycles. The molecule has 0 aliphatic rings. The summed E-state index contributed by atoms with van der Waals surface area (Å²) in [6.07, 6.45) is 1.62. The Morgan fingerprint density at radius 1 is 1.32 bits per heavy atom. The summed E-state index contributed by atoms with van der Waals surface area (Å²) in [5.41, 5.74) is 2.80. The molecule has 8 heteroatoms. The van der Waals surface area contributed by atoms with Gasteiger partial charge in [-0.15, -0.1) is 11.3 Å². The molecule has 0 aliphatic heterocycles. The number of pyridine rings is 1. The summed E-state index contributed by atoms with van der Waals surface area (Å²) in [4.78, 5) is 23.6. The van der Waals surface area contributed by atoms with E-state index in [1.54, 1.807) is 17.6 Å². The normalized spacial score (nSPS) is 12.5. The third kappa shape index (κ3) is 2.83. The minimum atomic E-state index is -1.36. The highest BCUT2D eigenvalue weighted by Gasteiger charge is 2.18. The lowest BCUT2D eigenvalue weighted by Gasteiger charge is -2.02. The van der Waals surface area contributed by atoms with Gasteiger partial charge in [-0.25, -0.2) is 9.78 Å². The average molecular weight is 371 g/mol. The molecule has 126 valence electrons. The fourth-order valence-electron chi connectivity index (χ4n) is 2.62. The fourth-order valence-corrected chi connectivity index (χ4v) is 4.76. The summed E-state index contributed by atoms with van der Waals surface area (Å²) in [7, 11) is -0.0132. The third-order valence-electron chi connectivity index (χ3n) is 3.82. The Bertz CT molecular complexity index is 1080. The zero-order chi connectivity index (χ0) is 17.4. The second-order valence-corrected chi connectivity index (χ2v) is 7.57. The number of carbonyl (C=O) groups excluding carboxylic acids is 1. The predicted octanol–water partition coefficient (Wildman–Crippen LogP) is 3.27. The quantitative estimate of drug-likeness (QED) is 0.557. The van der Waals surface area contributed by atoms with Crippen LogP contribution in [-0.4, -0.2) is 32.2 Å². The Labute approximate surface area is 149 Å². The zero-order valence-corrected chi connectivity index (χ0v) is 14.8. The maximum absolute atomic E-state index is 12.7. The minimum absolute atomic E-state index is 0.221. The van der Waals surface area contributed by atoms with Crippen LogP contribution < -0.4 is 0 Å². The number of nitrogens with zero attached hydrogens (tertiary/aromatic N) is 2. The highest BCUT2D eigenvalue weighted by atomic mass is 32.2. The maximum Gasteiger partial charge on any atom is 0.339 e. The lowest BCUT2D eigenvalue weighted by Crippen LogP contribution is -2.02. The van der Waals surface area contributed by atoms with Crippen molar-refractivity contribution in [1.82, 2.24) is 15.0 Å². The van der Waals surface area contributed by atoms with Gasteiger partial charge in [0.25, 0.3) is 0 Å². The van der Waals surface area contributed by atoms with Crippen molar-refractivity contribution in [3.8, 4) is 0 Å². The Morgan fingerprint density at radius 3 is 2.96 bits per heavy atom. The molecule has 4 aromatic rings. The lowest BCUT2D eigenvalue weighted by atomic mass is 10.2. The zero-order valence-electron chi connectivity index (χ0n) is 13.2. The molecule has 0 fully saturated rings. The smallest absolute Gasteiger partial charge is 0.339 e. The first-order valence-corrected chi connectivity index (χ1v) is 9.63. The molecule has 3 aromatic heterocycles. The molecular formula is C17H13N3O3S2. The van der Waals surface area contributed by atoms with Crippen LogP contribution in [0.4, 0.5) is 0 Å². The van der Waals surface area contributed by atoms with E-state index in [0.29, 0.717) is 16.4 Å². The van der Waals surface area contributed by atoms with Crippen molar-refractivity contribution in [2.75, 3.05) is 7.11 Å². The minimum Gasteiger partial charge on any atom is -0.465 e. The number of para-hydroxylation sites is 2. The van der Waals surface area contributed by atoms with E-state index in [4.69, 9.17) is 4.74 Å². The van der Waals surface area contributed by atoms with Crippen molar-refractivity contribution in [1.29, 1.82) is 0 Å². The molecule has 0 spiro atoms. The van der Waals surface area contributed by atoms with Crippen molar-refractivity contribution in [3.05, 3.63) is 53.2 Å². The van der Waals surface area contributed by atoms with Crippen LogP contribution in [0.15, 0.2) is 47.1 Å². The number of benzene rings is 1. The second kappa shape index (κ2) is 6.38. The van der Waals surface area contributed by atoms with E-state index in [9.17, 15) is 9.00 Å². The van der Waals surface area contributed by atoms with E-state index >= 15 is 0 Å². The fraction of sp³-hybridized carbons (Fsp3) is 0.118. The Morgan fingerprint density at radius 2 is 2.16 bits per heavy atom. The van der Waals surface area contributed by atoms with Crippen LogP contribution in [-0.2, 0) is 21.3 Å². The molecule has 0 saturated heterocycles. The summed E-state index contributed by atoms with van der Waals surface area (Å²) >= 11 is 1.40. The van der Waals surface area contributed by atoms with Gasteiger partial charge in [-0.1, -0.05) is 12.1 Å². The van der Waals surface area contributed by atoms with Gasteiger partial charge in [0.2, 0.25) is 0 Å². The molecule has 6 nitrogen and oxygen atoms in total. The van der Waals surface area contributed by atoms with E-state index in [1.165, 1.54) is 18.4 Å². The highest BCUT2D eigenvalue weighted by Crippen LogP contribution is 2.29. The molecule has 1 aromatic carbocycles. The van der Waals surface area contributed by atoms with Crippen LogP contribution in [0.5, 0.6) is 0 Å². The number of methoxy groups -OCH3 is 1. The first-order valence-electron chi connectivity index (χ1n) is 7.44. The SMILES string of the molecule is COC(=O)c1csc2c(CS(=O)c3nc4ccccc4[nH]3)nccc12. The number of rotatable bonds is 4. The van der Waals surface area contributed by atoms with Crippen molar-refractivity contribution < 1.29 is 13.7 Å². The van der Waals surface area contributed by atoms with E-state index in [0.717, 1.165) is 21.1 Å².